The number of carbonyl (C=O) groups is 1. The Balaban J connectivity index is 1.74. The van der Waals surface area contributed by atoms with Crippen LogP contribution in [0.5, 0.6) is 0 Å². The molecular formula is C26H25N3O3S. The number of nitrogens with zero attached hydrogens (tertiary/aromatic N) is 2. The quantitative estimate of drug-likeness (QED) is 0.219. The van der Waals surface area contributed by atoms with Crippen molar-refractivity contribution in [2.24, 2.45) is 0 Å². The molecule has 0 bridgehead atoms. The Kier molecular flexibility index (Phi) is 7.55. The first-order chi connectivity index (χ1) is 16.2. The molecule has 0 fully saturated rings. The van der Waals surface area contributed by atoms with Crippen molar-refractivity contribution < 1.29 is 9.53 Å². The van der Waals surface area contributed by atoms with Gasteiger partial charge in [0.2, 0.25) is 5.91 Å². The highest BCUT2D eigenvalue weighted by atomic mass is 32.2. The number of nitrogens with one attached hydrogen (secondary N) is 1. The zero-order valence-electron chi connectivity index (χ0n) is 18.3. The third-order valence-electron chi connectivity index (χ3n) is 5.16. The Morgan fingerprint density at radius 2 is 1.67 bits per heavy atom. The van der Waals surface area contributed by atoms with Gasteiger partial charge in [-0.25, -0.2) is 4.98 Å². The summed E-state index contributed by atoms with van der Waals surface area (Å²) in [6.07, 6.45) is 0.663. The van der Waals surface area contributed by atoms with Crippen molar-refractivity contribution in [3.63, 3.8) is 0 Å². The number of carbonyl (C=O) groups excluding carboxylic acids is 1. The highest BCUT2D eigenvalue weighted by Gasteiger charge is 2.25. The first-order valence-electron chi connectivity index (χ1n) is 10.7. The highest BCUT2D eigenvalue weighted by Crippen LogP contribution is 2.35. The van der Waals surface area contributed by atoms with Gasteiger partial charge in [-0.05, 0) is 36.2 Å². The fourth-order valence-electron chi connectivity index (χ4n) is 3.54. The van der Waals surface area contributed by atoms with Crippen LogP contribution in [0.25, 0.3) is 10.9 Å². The van der Waals surface area contributed by atoms with Crippen LogP contribution >= 0.6 is 11.8 Å². The fraction of sp³-hybridized carbons (Fsp3) is 0.192. The van der Waals surface area contributed by atoms with Crippen LogP contribution in [0, 0.1) is 0 Å². The molecule has 1 N–H and O–H groups in total. The van der Waals surface area contributed by atoms with Crippen LogP contribution in [0.4, 0.5) is 5.69 Å². The van der Waals surface area contributed by atoms with Gasteiger partial charge >= 0.3 is 0 Å². The fourth-order valence-corrected chi connectivity index (χ4v) is 4.66. The molecule has 0 saturated heterocycles. The highest BCUT2D eigenvalue weighted by molar-refractivity contribution is 8.00. The predicted molar refractivity (Wildman–Crippen MR) is 133 cm³/mol. The third-order valence-corrected chi connectivity index (χ3v) is 6.41. The minimum absolute atomic E-state index is 0.116. The lowest BCUT2D eigenvalue weighted by atomic mass is 10.1. The molecule has 1 aromatic heterocycles. The van der Waals surface area contributed by atoms with Gasteiger partial charge in [0, 0.05) is 25.9 Å². The molecule has 0 radical (unpaired) electrons. The van der Waals surface area contributed by atoms with Crippen molar-refractivity contribution in [1.82, 2.24) is 9.55 Å². The summed E-state index contributed by atoms with van der Waals surface area (Å²) in [5.41, 5.74) is 2.05. The van der Waals surface area contributed by atoms with Crippen molar-refractivity contribution in [3.05, 3.63) is 101 Å². The molecule has 33 heavy (non-hydrogen) atoms. The first-order valence-corrected chi connectivity index (χ1v) is 11.6. The van der Waals surface area contributed by atoms with Crippen LogP contribution < -0.4 is 10.9 Å². The molecule has 4 rings (SSSR count). The maximum atomic E-state index is 13.4. The number of para-hydroxylation sites is 2. The number of amides is 1. The maximum Gasteiger partial charge on any atom is 0.262 e. The number of fused-ring (bicyclic) bond motifs is 1. The normalized spacial score (nSPS) is 11.9. The molecule has 1 atom stereocenters. The smallest absolute Gasteiger partial charge is 0.262 e. The number of ether oxygens (including phenoxy) is 1. The predicted octanol–water partition coefficient (Wildman–Crippen LogP) is 4.91. The second-order valence-electron chi connectivity index (χ2n) is 7.48. The summed E-state index contributed by atoms with van der Waals surface area (Å²) in [5, 5.41) is 3.47. The standard InChI is InChI=1S/C26H25N3O3S/c1-32-18-10-17-29-25(31)21-15-8-9-16-22(21)28-26(29)33-23(19-11-4-2-5-12-19)24(30)27-20-13-6-3-7-14-20/h2-9,11-16,23H,10,17-18H2,1H3,(H,27,30). The van der Waals surface area contributed by atoms with E-state index in [1.807, 2.05) is 78.9 Å². The van der Waals surface area contributed by atoms with Crippen LogP contribution in [0.3, 0.4) is 0 Å². The summed E-state index contributed by atoms with van der Waals surface area (Å²) in [7, 11) is 1.64. The number of methoxy groups -OCH3 is 1. The van der Waals surface area contributed by atoms with E-state index in [1.54, 1.807) is 17.7 Å². The van der Waals surface area contributed by atoms with Crippen molar-refractivity contribution >= 4 is 34.3 Å². The third kappa shape index (κ3) is 5.50. The van der Waals surface area contributed by atoms with E-state index in [4.69, 9.17) is 9.72 Å². The molecule has 0 saturated carbocycles. The van der Waals surface area contributed by atoms with E-state index in [1.165, 1.54) is 11.8 Å². The summed E-state index contributed by atoms with van der Waals surface area (Å²) in [5.74, 6) is -0.178. The lowest BCUT2D eigenvalue weighted by Gasteiger charge is -2.19. The second-order valence-corrected chi connectivity index (χ2v) is 8.55. The van der Waals surface area contributed by atoms with E-state index in [9.17, 15) is 9.59 Å². The Bertz CT molecular complexity index is 1280. The topological polar surface area (TPSA) is 73.2 Å². The molecule has 4 aromatic rings. The number of hydrogen-bond donors (Lipinski definition) is 1. The Hall–Kier alpha value is -3.42. The minimum atomic E-state index is -0.590. The molecule has 1 amide bonds. The molecule has 7 heteroatoms. The first kappa shape index (κ1) is 22.8. The monoisotopic (exact) mass is 459 g/mol. The van der Waals surface area contributed by atoms with E-state index in [2.05, 4.69) is 5.32 Å². The van der Waals surface area contributed by atoms with E-state index in [0.29, 0.717) is 41.3 Å². The molecule has 0 spiro atoms. The van der Waals surface area contributed by atoms with Crippen molar-refractivity contribution in [3.8, 4) is 0 Å². The molecular weight excluding hydrogens is 434 g/mol. The molecule has 0 aliphatic heterocycles. The summed E-state index contributed by atoms with van der Waals surface area (Å²) in [6.45, 7) is 0.981. The number of aromatic nitrogens is 2. The van der Waals surface area contributed by atoms with Gasteiger partial charge in [0.15, 0.2) is 5.16 Å². The number of rotatable bonds is 9. The molecule has 1 heterocycles. The average molecular weight is 460 g/mol. The Labute approximate surface area is 196 Å². The summed E-state index contributed by atoms with van der Waals surface area (Å²) in [6, 6.07) is 26.2. The van der Waals surface area contributed by atoms with Gasteiger partial charge in [0.05, 0.1) is 10.9 Å². The molecule has 0 aliphatic rings. The Morgan fingerprint density at radius 3 is 2.39 bits per heavy atom. The average Bonchev–Trinajstić information content (AvgIpc) is 2.85. The summed E-state index contributed by atoms with van der Waals surface area (Å²) < 4.78 is 6.83. The minimum Gasteiger partial charge on any atom is -0.385 e. The van der Waals surface area contributed by atoms with Crippen molar-refractivity contribution in [1.29, 1.82) is 0 Å². The van der Waals surface area contributed by atoms with Crippen LogP contribution in [0.15, 0.2) is 94.9 Å². The van der Waals surface area contributed by atoms with Crippen LogP contribution in [-0.2, 0) is 16.1 Å². The van der Waals surface area contributed by atoms with Gasteiger partial charge in [-0.1, -0.05) is 72.4 Å². The van der Waals surface area contributed by atoms with Gasteiger partial charge in [-0.2, -0.15) is 0 Å². The van der Waals surface area contributed by atoms with E-state index in [-0.39, 0.29) is 11.5 Å². The maximum absolute atomic E-state index is 13.4. The lowest BCUT2D eigenvalue weighted by Crippen LogP contribution is -2.26. The largest absolute Gasteiger partial charge is 0.385 e. The van der Waals surface area contributed by atoms with Gasteiger partial charge in [0.1, 0.15) is 5.25 Å². The lowest BCUT2D eigenvalue weighted by molar-refractivity contribution is -0.115. The molecule has 0 aliphatic carbocycles. The molecule has 6 nitrogen and oxygen atoms in total. The number of benzene rings is 3. The SMILES string of the molecule is COCCCn1c(SC(C(=O)Nc2ccccc2)c2ccccc2)nc2ccccc2c1=O. The van der Waals surface area contributed by atoms with Gasteiger partial charge in [0.25, 0.3) is 5.56 Å². The number of hydrogen-bond acceptors (Lipinski definition) is 5. The zero-order chi connectivity index (χ0) is 23.0. The van der Waals surface area contributed by atoms with E-state index in [0.717, 1.165) is 5.56 Å². The molecule has 1 unspecified atom stereocenters. The van der Waals surface area contributed by atoms with Crippen LogP contribution in [-0.4, -0.2) is 29.2 Å². The zero-order valence-corrected chi connectivity index (χ0v) is 19.1. The van der Waals surface area contributed by atoms with Gasteiger partial charge < -0.3 is 10.1 Å². The second kappa shape index (κ2) is 10.9. The number of anilines is 1. The summed E-state index contributed by atoms with van der Waals surface area (Å²) >= 11 is 1.28. The number of thioether (sulfide) groups is 1. The van der Waals surface area contributed by atoms with Crippen LogP contribution in [0.1, 0.15) is 17.2 Å². The Morgan fingerprint density at radius 1 is 1.00 bits per heavy atom. The van der Waals surface area contributed by atoms with Crippen molar-refractivity contribution in [2.75, 3.05) is 19.0 Å². The van der Waals surface area contributed by atoms with Crippen LogP contribution in [0.2, 0.25) is 0 Å². The van der Waals surface area contributed by atoms with Crippen molar-refractivity contribution in [2.45, 2.75) is 23.4 Å². The molecule has 168 valence electrons. The molecule has 3 aromatic carbocycles. The summed E-state index contributed by atoms with van der Waals surface area (Å²) in [4.78, 5) is 31.4. The van der Waals surface area contributed by atoms with E-state index >= 15 is 0 Å². The van der Waals surface area contributed by atoms with Gasteiger partial charge in [-0.15, -0.1) is 0 Å². The van der Waals surface area contributed by atoms with E-state index < -0.39 is 5.25 Å². The van der Waals surface area contributed by atoms with Gasteiger partial charge in [-0.3, -0.25) is 14.2 Å².